The molecule has 1 N–H and O–H groups in total. The van der Waals surface area contributed by atoms with Crippen molar-refractivity contribution < 1.29 is 14.6 Å². The quantitative estimate of drug-likeness (QED) is 0.814. The van der Waals surface area contributed by atoms with Gasteiger partial charge in [-0.2, -0.15) is 0 Å². The smallest absolute Gasteiger partial charge is 0.119 e. The second kappa shape index (κ2) is 8.41. The number of anilines is 1. The molecule has 0 aliphatic heterocycles. The average molecular weight is 301 g/mol. The Morgan fingerprint density at radius 1 is 1.09 bits per heavy atom. The van der Waals surface area contributed by atoms with E-state index in [1.54, 1.807) is 7.11 Å². The minimum Gasteiger partial charge on any atom is -0.497 e. The van der Waals surface area contributed by atoms with E-state index in [9.17, 15) is 5.11 Å². The highest BCUT2D eigenvalue weighted by Crippen LogP contribution is 2.14. The second-order valence-corrected chi connectivity index (χ2v) is 5.24. The average Bonchev–Trinajstić information content (AvgIpc) is 2.56. The lowest BCUT2D eigenvalue weighted by molar-refractivity contribution is 0.0324. The Balaban J connectivity index is 1.74. The van der Waals surface area contributed by atoms with Crippen molar-refractivity contribution in [2.24, 2.45) is 0 Å². The maximum atomic E-state index is 10.1. The van der Waals surface area contributed by atoms with Crippen LogP contribution in [0.25, 0.3) is 0 Å². The van der Waals surface area contributed by atoms with E-state index in [1.807, 2.05) is 66.5 Å². The molecular formula is C18H23NO3. The molecule has 0 aliphatic carbocycles. The largest absolute Gasteiger partial charge is 0.497 e. The number of methoxy groups -OCH3 is 1. The molecule has 22 heavy (non-hydrogen) atoms. The van der Waals surface area contributed by atoms with Crippen molar-refractivity contribution in [2.75, 3.05) is 32.2 Å². The van der Waals surface area contributed by atoms with Crippen LogP contribution in [0, 0.1) is 0 Å². The van der Waals surface area contributed by atoms with E-state index in [4.69, 9.17) is 9.47 Å². The maximum Gasteiger partial charge on any atom is 0.119 e. The summed E-state index contributed by atoms with van der Waals surface area (Å²) in [6.45, 7) is 1.29. The predicted molar refractivity (Wildman–Crippen MR) is 88.4 cm³/mol. The van der Waals surface area contributed by atoms with Gasteiger partial charge in [0.05, 0.1) is 26.4 Å². The molecule has 0 aromatic heterocycles. The first kappa shape index (κ1) is 16.3. The molecule has 2 aromatic carbocycles. The molecule has 0 bridgehead atoms. The zero-order valence-corrected chi connectivity index (χ0v) is 13.1. The molecule has 0 spiro atoms. The van der Waals surface area contributed by atoms with Crippen LogP contribution in [0.4, 0.5) is 5.69 Å². The molecular weight excluding hydrogens is 278 g/mol. The summed E-state index contributed by atoms with van der Waals surface area (Å²) in [5, 5.41) is 10.1. The SMILES string of the molecule is COc1cccc(COCC(O)CN(C)c2ccccc2)c1. The van der Waals surface area contributed by atoms with Crippen molar-refractivity contribution in [3.05, 3.63) is 60.2 Å². The highest BCUT2D eigenvalue weighted by Gasteiger charge is 2.09. The van der Waals surface area contributed by atoms with Crippen LogP contribution in [0.5, 0.6) is 5.75 Å². The van der Waals surface area contributed by atoms with Gasteiger partial charge in [0.2, 0.25) is 0 Å². The molecule has 2 aromatic rings. The van der Waals surface area contributed by atoms with Crippen molar-refractivity contribution in [3.8, 4) is 5.75 Å². The molecule has 0 fully saturated rings. The Labute approximate surface area is 131 Å². The van der Waals surface area contributed by atoms with Crippen LogP contribution in [0.15, 0.2) is 54.6 Å². The minimum absolute atomic E-state index is 0.300. The van der Waals surface area contributed by atoms with Crippen molar-refractivity contribution in [2.45, 2.75) is 12.7 Å². The first-order valence-electron chi connectivity index (χ1n) is 7.34. The minimum atomic E-state index is -0.532. The number of hydrogen-bond donors (Lipinski definition) is 1. The number of rotatable bonds is 8. The van der Waals surface area contributed by atoms with Crippen LogP contribution >= 0.6 is 0 Å². The molecule has 4 nitrogen and oxygen atoms in total. The summed E-state index contributed by atoms with van der Waals surface area (Å²) < 4.78 is 10.8. The Morgan fingerprint density at radius 2 is 1.86 bits per heavy atom. The Kier molecular flexibility index (Phi) is 6.25. The first-order chi connectivity index (χ1) is 10.7. The topological polar surface area (TPSA) is 41.9 Å². The highest BCUT2D eigenvalue weighted by atomic mass is 16.5. The van der Waals surface area contributed by atoms with Crippen LogP contribution in [0.3, 0.4) is 0 Å². The monoisotopic (exact) mass is 301 g/mol. The van der Waals surface area contributed by atoms with E-state index in [2.05, 4.69) is 0 Å². The molecule has 1 atom stereocenters. The van der Waals surface area contributed by atoms with Gasteiger partial charge in [-0.25, -0.2) is 0 Å². The number of hydrogen-bond acceptors (Lipinski definition) is 4. The van der Waals surface area contributed by atoms with Gasteiger partial charge in [-0.1, -0.05) is 30.3 Å². The second-order valence-electron chi connectivity index (χ2n) is 5.24. The molecule has 2 rings (SSSR count). The lowest BCUT2D eigenvalue weighted by atomic mass is 10.2. The van der Waals surface area contributed by atoms with E-state index >= 15 is 0 Å². The maximum absolute atomic E-state index is 10.1. The first-order valence-corrected chi connectivity index (χ1v) is 7.34. The van der Waals surface area contributed by atoms with E-state index < -0.39 is 6.10 Å². The van der Waals surface area contributed by atoms with E-state index in [-0.39, 0.29) is 0 Å². The third-order valence-corrected chi connectivity index (χ3v) is 3.39. The van der Waals surface area contributed by atoms with E-state index in [1.165, 1.54) is 0 Å². The molecule has 4 heteroatoms. The Morgan fingerprint density at radius 3 is 2.59 bits per heavy atom. The van der Waals surface area contributed by atoms with Gasteiger partial charge in [0.15, 0.2) is 0 Å². The fourth-order valence-corrected chi connectivity index (χ4v) is 2.23. The normalized spacial score (nSPS) is 12.0. The van der Waals surface area contributed by atoms with Crippen LogP contribution in [0.1, 0.15) is 5.56 Å². The fourth-order valence-electron chi connectivity index (χ4n) is 2.23. The number of ether oxygens (including phenoxy) is 2. The lowest BCUT2D eigenvalue weighted by Crippen LogP contribution is -2.32. The number of likely N-dealkylation sites (N-methyl/N-ethyl adjacent to an activating group) is 1. The summed E-state index contributed by atoms with van der Waals surface area (Å²) in [5.41, 5.74) is 2.11. The van der Waals surface area contributed by atoms with Gasteiger partial charge in [0.1, 0.15) is 5.75 Å². The molecule has 118 valence electrons. The third kappa shape index (κ3) is 5.06. The van der Waals surface area contributed by atoms with Crippen molar-refractivity contribution in [1.29, 1.82) is 0 Å². The summed E-state index contributed by atoms with van der Waals surface area (Å²) in [6, 6.07) is 17.7. The standard InChI is InChI=1S/C18H23NO3/c1-19(16-8-4-3-5-9-16)12-17(20)14-22-13-15-7-6-10-18(11-15)21-2/h3-11,17,20H,12-14H2,1-2H3. The van der Waals surface area contributed by atoms with Crippen LogP contribution in [0.2, 0.25) is 0 Å². The third-order valence-electron chi connectivity index (χ3n) is 3.39. The van der Waals surface area contributed by atoms with E-state index in [0.717, 1.165) is 17.0 Å². The zero-order chi connectivity index (χ0) is 15.8. The molecule has 0 radical (unpaired) electrons. The van der Waals surface area contributed by atoms with Gasteiger partial charge in [-0.15, -0.1) is 0 Å². The lowest BCUT2D eigenvalue weighted by Gasteiger charge is -2.22. The molecule has 0 saturated heterocycles. The molecule has 0 amide bonds. The summed E-state index contributed by atoms with van der Waals surface area (Å²) in [7, 11) is 3.60. The van der Waals surface area contributed by atoms with Gasteiger partial charge < -0.3 is 19.5 Å². The van der Waals surface area contributed by atoms with Gasteiger partial charge in [0, 0.05) is 19.3 Å². The van der Waals surface area contributed by atoms with Gasteiger partial charge in [0.25, 0.3) is 0 Å². The Bertz CT molecular complexity index is 559. The Hall–Kier alpha value is -2.04. The summed E-state index contributed by atoms with van der Waals surface area (Å²) in [5.74, 6) is 0.811. The number of nitrogens with zero attached hydrogens (tertiary/aromatic N) is 1. The number of para-hydroxylation sites is 1. The van der Waals surface area contributed by atoms with Crippen molar-refractivity contribution in [1.82, 2.24) is 0 Å². The van der Waals surface area contributed by atoms with Crippen molar-refractivity contribution >= 4 is 5.69 Å². The number of benzene rings is 2. The molecule has 0 aliphatic rings. The predicted octanol–water partition coefficient (Wildman–Crippen LogP) is 2.71. The van der Waals surface area contributed by atoms with Crippen LogP contribution in [-0.2, 0) is 11.3 Å². The molecule has 1 unspecified atom stereocenters. The number of aliphatic hydroxyl groups is 1. The van der Waals surface area contributed by atoms with Gasteiger partial charge in [-0.3, -0.25) is 0 Å². The fraction of sp³-hybridized carbons (Fsp3) is 0.333. The zero-order valence-electron chi connectivity index (χ0n) is 13.1. The van der Waals surface area contributed by atoms with E-state index in [0.29, 0.717) is 19.8 Å². The van der Waals surface area contributed by atoms with Crippen LogP contribution in [-0.4, -0.2) is 38.5 Å². The van der Waals surface area contributed by atoms with Crippen molar-refractivity contribution in [3.63, 3.8) is 0 Å². The van der Waals surface area contributed by atoms with Crippen LogP contribution < -0.4 is 9.64 Å². The molecule has 0 heterocycles. The summed E-state index contributed by atoms with van der Waals surface area (Å²) in [6.07, 6.45) is -0.532. The summed E-state index contributed by atoms with van der Waals surface area (Å²) >= 11 is 0. The number of aliphatic hydroxyl groups excluding tert-OH is 1. The van der Waals surface area contributed by atoms with Gasteiger partial charge >= 0.3 is 0 Å². The van der Waals surface area contributed by atoms with Gasteiger partial charge in [-0.05, 0) is 29.8 Å². The molecule has 0 saturated carbocycles. The highest BCUT2D eigenvalue weighted by molar-refractivity contribution is 5.45. The summed E-state index contributed by atoms with van der Waals surface area (Å²) in [4.78, 5) is 2.01.